The summed E-state index contributed by atoms with van der Waals surface area (Å²) in [6.07, 6.45) is 0. The summed E-state index contributed by atoms with van der Waals surface area (Å²) in [6.45, 7) is 0. The molecule has 52 heavy (non-hydrogen) atoms. The Bertz CT molecular complexity index is 2740. The van der Waals surface area contributed by atoms with Gasteiger partial charge in [0.2, 0.25) is 5.89 Å². The van der Waals surface area contributed by atoms with E-state index in [-0.39, 0.29) is 0 Å². The van der Waals surface area contributed by atoms with Crippen LogP contribution in [0.4, 0.5) is 0 Å². The van der Waals surface area contributed by atoms with Gasteiger partial charge < -0.3 is 8.83 Å². The lowest BCUT2D eigenvalue weighted by molar-refractivity contribution is 0.615. The second-order valence-corrected chi connectivity index (χ2v) is 12.6. The highest BCUT2D eigenvalue weighted by Gasteiger charge is 2.21. The maximum atomic E-state index is 6.57. The summed E-state index contributed by atoms with van der Waals surface area (Å²) < 4.78 is 12.7. The first kappa shape index (κ1) is 29.7. The molecule has 0 N–H and O–H groups in total. The Morgan fingerprint density at radius 1 is 0.327 bits per heavy atom. The van der Waals surface area contributed by atoms with Crippen molar-refractivity contribution in [1.82, 2.24) is 19.9 Å². The third-order valence-electron chi connectivity index (χ3n) is 9.42. The molecule has 0 aliphatic rings. The summed E-state index contributed by atoms with van der Waals surface area (Å²) in [5.41, 5.74) is 10.9. The molecule has 0 saturated carbocycles. The normalized spacial score (nSPS) is 11.5. The van der Waals surface area contributed by atoms with Gasteiger partial charge in [-0.1, -0.05) is 146 Å². The van der Waals surface area contributed by atoms with E-state index in [1.807, 2.05) is 91.0 Å². The number of hydrogen-bond acceptors (Lipinski definition) is 6. The molecule has 6 heteroatoms. The molecule has 0 unspecified atom stereocenters. The van der Waals surface area contributed by atoms with Crippen molar-refractivity contribution in [3.8, 4) is 67.9 Å². The van der Waals surface area contributed by atoms with E-state index in [4.69, 9.17) is 28.8 Å². The van der Waals surface area contributed by atoms with Crippen molar-refractivity contribution < 1.29 is 8.83 Å². The first-order valence-corrected chi connectivity index (χ1v) is 17.1. The van der Waals surface area contributed by atoms with Crippen LogP contribution < -0.4 is 0 Å². The number of furan rings is 1. The van der Waals surface area contributed by atoms with E-state index in [0.717, 1.165) is 72.0 Å². The molecule has 7 aromatic carbocycles. The van der Waals surface area contributed by atoms with Gasteiger partial charge in [0, 0.05) is 27.5 Å². The highest BCUT2D eigenvalue weighted by atomic mass is 16.4. The van der Waals surface area contributed by atoms with Crippen molar-refractivity contribution in [3.05, 3.63) is 170 Å². The van der Waals surface area contributed by atoms with Crippen LogP contribution in [0.15, 0.2) is 179 Å². The number of hydrogen-bond donors (Lipinski definition) is 0. The third-order valence-corrected chi connectivity index (χ3v) is 9.42. The molecule has 0 atom stereocenters. The lowest BCUT2D eigenvalue weighted by atomic mass is 10.0. The predicted octanol–water partition coefficient (Wildman–Crippen LogP) is 11.9. The Morgan fingerprint density at radius 3 is 1.46 bits per heavy atom. The first-order chi connectivity index (χ1) is 25.7. The Hall–Kier alpha value is -7.18. The fourth-order valence-electron chi connectivity index (χ4n) is 6.83. The highest BCUT2D eigenvalue weighted by molar-refractivity contribution is 6.14. The zero-order chi connectivity index (χ0) is 34.4. The number of para-hydroxylation sites is 3. The number of aromatic nitrogens is 4. The van der Waals surface area contributed by atoms with Crippen molar-refractivity contribution in [1.29, 1.82) is 0 Å². The fraction of sp³-hybridized carbons (Fsp3) is 0. The van der Waals surface area contributed by atoms with Gasteiger partial charge in [-0.3, -0.25) is 0 Å². The molecule has 10 rings (SSSR count). The Kier molecular flexibility index (Phi) is 7.03. The molecule has 0 saturated heterocycles. The molecule has 0 fully saturated rings. The Balaban J connectivity index is 1.14. The molecule has 0 amide bonds. The van der Waals surface area contributed by atoms with E-state index in [0.29, 0.717) is 28.9 Å². The summed E-state index contributed by atoms with van der Waals surface area (Å²) in [6, 6.07) is 57.2. The summed E-state index contributed by atoms with van der Waals surface area (Å²) in [7, 11) is 0. The predicted molar refractivity (Wildman–Crippen MR) is 207 cm³/mol. The van der Waals surface area contributed by atoms with Gasteiger partial charge in [0.15, 0.2) is 23.1 Å². The van der Waals surface area contributed by atoms with Crippen LogP contribution in [0.2, 0.25) is 0 Å². The van der Waals surface area contributed by atoms with Crippen LogP contribution in [0.3, 0.4) is 0 Å². The second-order valence-electron chi connectivity index (χ2n) is 12.6. The molecule has 3 aromatic heterocycles. The third kappa shape index (κ3) is 5.22. The number of benzene rings is 7. The van der Waals surface area contributed by atoms with Gasteiger partial charge in [-0.15, -0.1) is 0 Å². The standard InChI is InChI=1S/C46H28N4O2/c1-3-11-29(12-4-1)31-21-25-33(26-22-31)43-48-44(34-27-23-32(24-28-34)30-13-5-2-6-14-30)50-45(49-43)36-16-10-20-40-41(36)35-15-9-17-37(42(35)51-40)46-47-38-18-7-8-19-39(38)52-46/h1-28H. The van der Waals surface area contributed by atoms with E-state index < -0.39 is 0 Å². The van der Waals surface area contributed by atoms with Gasteiger partial charge in [-0.2, -0.15) is 0 Å². The van der Waals surface area contributed by atoms with E-state index in [1.165, 1.54) is 0 Å². The van der Waals surface area contributed by atoms with E-state index in [2.05, 4.69) is 78.9 Å². The molecule has 3 heterocycles. The van der Waals surface area contributed by atoms with Crippen molar-refractivity contribution in [3.63, 3.8) is 0 Å². The van der Waals surface area contributed by atoms with Crippen LogP contribution in [-0.4, -0.2) is 19.9 Å². The lowest BCUT2D eigenvalue weighted by Crippen LogP contribution is -2.00. The molecule has 0 bridgehead atoms. The van der Waals surface area contributed by atoms with E-state index >= 15 is 0 Å². The summed E-state index contributed by atoms with van der Waals surface area (Å²) in [5.74, 6) is 2.24. The minimum Gasteiger partial charge on any atom is -0.455 e. The largest absolute Gasteiger partial charge is 0.455 e. The topological polar surface area (TPSA) is 77.8 Å². The summed E-state index contributed by atoms with van der Waals surface area (Å²) >= 11 is 0. The molecule has 0 aliphatic carbocycles. The van der Waals surface area contributed by atoms with Crippen LogP contribution in [0.25, 0.3) is 101 Å². The maximum absolute atomic E-state index is 6.57. The molecule has 6 nitrogen and oxygen atoms in total. The van der Waals surface area contributed by atoms with Gasteiger partial charge in [0.1, 0.15) is 16.7 Å². The van der Waals surface area contributed by atoms with Gasteiger partial charge in [-0.05, 0) is 46.5 Å². The smallest absolute Gasteiger partial charge is 0.231 e. The van der Waals surface area contributed by atoms with Gasteiger partial charge in [0.05, 0.1) is 5.56 Å². The van der Waals surface area contributed by atoms with Gasteiger partial charge in [-0.25, -0.2) is 19.9 Å². The molecule has 0 spiro atoms. The van der Waals surface area contributed by atoms with E-state index in [1.54, 1.807) is 0 Å². The molecular weight excluding hydrogens is 641 g/mol. The van der Waals surface area contributed by atoms with Crippen molar-refractivity contribution in [2.24, 2.45) is 0 Å². The first-order valence-electron chi connectivity index (χ1n) is 17.1. The van der Waals surface area contributed by atoms with Crippen molar-refractivity contribution >= 4 is 33.0 Å². The summed E-state index contributed by atoms with van der Waals surface area (Å²) in [5, 5.41) is 1.84. The quantitative estimate of drug-likeness (QED) is 0.175. The minimum absolute atomic E-state index is 0.509. The lowest BCUT2D eigenvalue weighted by Gasteiger charge is -2.10. The van der Waals surface area contributed by atoms with Crippen molar-refractivity contribution in [2.45, 2.75) is 0 Å². The Morgan fingerprint density at radius 2 is 0.827 bits per heavy atom. The average molecular weight is 669 g/mol. The molecular formula is C46H28N4O2. The highest BCUT2D eigenvalue weighted by Crippen LogP contribution is 2.41. The SMILES string of the molecule is c1ccc(-c2ccc(-c3nc(-c4ccc(-c5ccccc5)cc4)nc(-c4cccc5oc6c(-c7nc8ccccc8o7)cccc6c45)n3)cc2)cc1. The van der Waals surface area contributed by atoms with Crippen molar-refractivity contribution in [2.75, 3.05) is 0 Å². The number of rotatable bonds is 6. The minimum atomic E-state index is 0.509. The monoisotopic (exact) mass is 668 g/mol. The zero-order valence-corrected chi connectivity index (χ0v) is 27.8. The molecule has 10 aromatic rings. The second kappa shape index (κ2) is 12.3. The maximum Gasteiger partial charge on any atom is 0.231 e. The van der Waals surface area contributed by atoms with E-state index in [9.17, 15) is 0 Å². The zero-order valence-electron chi connectivity index (χ0n) is 27.8. The number of nitrogens with zero attached hydrogens (tertiary/aromatic N) is 4. The van der Waals surface area contributed by atoms with Gasteiger partial charge >= 0.3 is 0 Å². The van der Waals surface area contributed by atoms with Crippen LogP contribution in [0.1, 0.15) is 0 Å². The van der Waals surface area contributed by atoms with Gasteiger partial charge in [0.25, 0.3) is 0 Å². The molecule has 0 aliphatic heterocycles. The van der Waals surface area contributed by atoms with Crippen LogP contribution in [0, 0.1) is 0 Å². The number of fused-ring (bicyclic) bond motifs is 4. The molecule has 0 radical (unpaired) electrons. The number of oxazole rings is 1. The summed E-state index contributed by atoms with van der Waals surface area (Å²) in [4.78, 5) is 20.0. The average Bonchev–Trinajstić information content (AvgIpc) is 3.84. The fourth-order valence-corrected chi connectivity index (χ4v) is 6.83. The van der Waals surface area contributed by atoms with Crippen LogP contribution >= 0.6 is 0 Å². The Labute approximate surface area is 298 Å². The molecule has 244 valence electrons. The van der Waals surface area contributed by atoms with Crippen LogP contribution in [0.5, 0.6) is 0 Å². The van der Waals surface area contributed by atoms with Crippen LogP contribution in [-0.2, 0) is 0 Å².